The molecule has 1 aliphatic heterocycles. The summed E-state index contributed by atoms with van der Waals surface area (Å²) in [5.41, 5.74) is 1.09. The van der Waals surface area contributed by atoms with Gasteiger partial charge < -0.3 is 19.4 Å². The number of esters is 1. The van der Waals surface area contributed by atoms with Gasteiger partial charge in [0.1, 0.15) is 5.76 Å². The van der Waals surface area contributed by atoms with Crippen LogP contribution in [0.3, 0.4) is 0 Å². The van der Waals surface area contributed by atoms with E-state index in [-0.39, 0.29) is 0 Å². The molecule has 6 heteroatoms. The number of aliphatic hydroxyl groups excluding tert-OH is 2. The van der Waals surface area contributed by atoms with E-state index < -0.39 is 23.1 Å². The lowest BCUT2D eigenvalue weighted by Gasteiger charge is -2.24. The molecule has 1 unspecified atom stereocenters. The lowest BCUT2D eigenvalue weighted by Crippen LogP contribution is -2.25. The smallest absolute Gasteiger partial charge is 0.378 e. The summed E-state index contributed by atoms with van der Waals surface area (Å²) in [6.45, 7) is 1.55. The molecule has 2 aliphatic rings. The highest BCUT2D eigenvalue weighted by Crippen LogP contribution is 2.42. The van der Waals surface area contributed by atoms with Crippen molar-refractivity contribution >= 4 is 21.9 Å². The van der Waals surface area contributed by atoms with Gasteiger partial charge in [0.15, 0.2) is 11.4 Å². The van der Waals surface area contributed by atoms with Crippen molar-refractivity contribution in [2.24, 2.45) is 0 Å². The maximum Gasteiger partial charge on any atom is 0.378 e. The van der Waals surface area contributed by atoms with Gasteiger partial charge >= 0.3 is 5.97 Å². The summed E-state index contributed by atoms with van der Waals surface area (Å²) in [7, 11) is 0. The molecule has 5 nitrogen and oxygen atoms in total. The molecule has 1 atom stereocenters. The van der Waals surface area contributed by atoms with E-state index in [0.29, 0.717) is 11.5 Å². The summed E-state index contributed by atoms with van der Waals surface area (Å²) in [4.78, 5) is 11.6. The van der Waals surface area contributed by atoms with E-state index in [9.17, 15) is 15.0 Å². The number of halogens is 1. The first kappa shape index (κ1) is 18.2. The molecule has 1 fully saturated rings. The first-order chi connectivity index (χ1) is 12.9. The molecule has 0 bridgehead atoms. The number of hydrogen-bond donors (Lipinski definition) is 2. The Morgan fingerprint density at radius 2 is 1.89 bits per heavy atom. The molecule has 0 radical (unpaired) electrons. The first-order valence-corrected chi connectivity index (χ1v) is 9.94. The minimum absolute atomic E-state index is 0.477. The van der Waals surface area contributed by atoms with E-state index in [1.807, 2.05) is 6.07 Å². The minimum Gasteiger partial charge on any atom is -0.505 e. The summed E-state index contributed by atoms with van der Waals surface area (Å²) in [5, 5.41) is 19.7. The van der Waals surface area contributed by atoms with E-state index in [0.717, 1.165) is 21.4 Å². The summed E-state index contributed by atoms with van der Waals surface area (Å²) in [5.74, 6) is -0.628. The predicted molar refractivity (Wildman–Crippen MR) is 103 cm³/mol. The van der Waals surface area contributed by atoms with E-state index in [1.165, 1.54) is 32.1 Å². The van der Waals surface area contributed by atoms with Crippen molar-refractivity contribution in [3.05, 3.63) is 57.8 Å². The number of furan rings is 1. The Kier molecular flexibility index (Phi) is 4.54. The van der Waals surface area contributed by atoms with Crippen LogP contribution in [0.25, 0.3) is 11.1 Å². The summed E-state index contributed by atoms with van der Waals surface area (Å²) < 4.78 is 11.8. The maximum absolute atomic E-state index is 11.6. The standard InChI is InChI=1S/C21H21BrO5/c1-21(19(24)18(23)20(25)27-21)14-7-8-15(16(22)10-14)13-9-17(26-11-13)12-5-3-2-4-6-12/h7-12,23-24H,2-6H2,1H3. The Balaban J connectivity index is 1.63. The van der Waals surface area contributed by atoms with Crippen LogP contribution in [0.4, 0.5) is 0 Å². The van der Waals surface area contributed by atoms with Gasteiger partial charge in [-0.25, -0.2) is 4.79 Å². The fraction of sp³-hybridized carbons (Fsp3) is 0.381. The SMILES string of the molecule is CC1(c2ccc(-c3coc(C4CCCCC4)c3)c(Br)c2)OC(=O)C(O)=C1O. The maximum atomic E-state index is 11.6. The minimum atomic E-state index is -1.40. The number of ether oxygens (including phenoxy) is 1. The van der Waals surface area contributed by atoms with Gasteiger partial charge in [-0.1, -0.05) is 47.3 Å². The molecule has 0 amide bonds. The van der Waals surface area contributed by atoms with Crippen LogP contribution in [-0.2, 0) is 15.1 Å². The molecule has 2 N–H and O–H groups in total. The molecule has 0 spiro atoms. The molecule has 2 heterocycles. The van der Waals surface area contributed by atoms with Crippen molar-refractivity contribution in [2.45, 2.75) is 50.5 Å². The van der Waals surface area contributed by atoms with E-state index in [4.69, 9.17) is 9.15 Å². The highest BCUT2D eigenvalue weighted by Gasteiger charge is 2.46. The van der Waals surface area contributed by atoms with Crippen molar-refractivity contribution in [3.63, 3.8) is 0 Å². The second kappa shape index (κ2) is 6.75. The van der Waals surface area contributed by atoms with E-state index in [1.54, 1.807) is 25.3 Å². The normalized spacial score (nSPS) is 23.7. The zero-order valence-corrected chi connectivity index (χ0v) is 16.6. The van der Waals surface area contributed by atoms with Crippen LogP contribution in [0.1, 0.15) is 56.3 Å². The molecule has 1 aliphatic carbocycles. The molecule has 142 valence electrons. The topological polar surface area (TPSA) is 79.9 Å². The van der Waals surface area contributed by atoms with Crippen LogP contribution in [0.2, 0.25) is 0 Å². The summed E-state index contributed by atoms with van der Waals surface area (Å²) in [6, 6.07) is 7.53. The van der Waals surface area contributed by atoms with Crippen molar-refractivity contribution in [1.29, 1.82) is 0 Å². The average molecular weight is 433 g/mol. The number of rotatable bonds is 3. The molecule has 4 rings (SSSR count). The van der Waals surface area contributed by atoms with Crippen LogP contribution in [0.5, 0.6) is 0 Å². The van der Waals surface area contributed by atoms with Crippen molar-refractivity contribution in [1.82, 2.24) is 0 Å². The second-order valence-corrected chi connectivity index (χ2v) is 8.24. The predicted octanol–water partition coefficient (Wildman–Crippen LogP) is 5.86. The molecular weight excluding hydrogens is 412 g/mol. The van der Waals surface area contributed by atoms with Gasteiger partial charge in [0, 0.05) is 21.5 Å². The largest absolute Gasteiger partial charge is 0.505 e. The number of carbonyl (C=O) groups excluding carboxylic acids is 1. The third-order valence-electron chi connectivity index (χ3n) is 5.62. The highest BCUT2D eigenvalue weighted by molar-refractivity contribution is 9.10. The van der Waals surface area contributed by atoms with Crippen LogP contribution in [-0.4, -0.2) is 16.2 Å². The summed E-state index contributed by atoms with van der Waals surface area (Å²) >= 11 is 3.57. The van der Waals surface area contributed by atoms with Gasteiger partial charge in [0.2, 0.25) is 5.76 Å². The van der Waals surface area contributed by atoms with Gasteiger partial charge in [-0.2, -0.15) is 0 Å². The van der Waals surface area contributed by atoms with Gasteiger partial charge in [0.25, 0.3) is 0 Å². The molecule has 1 aromatic carbocycles. The Hall–Kier alpha value is -2.21. The third-order valence-corrected chi connectivity index (χ3v) is 6.28. The number of benzene rings is 1. The van der Waals surface area contributed by atoms with Crippen LogP contribution >= 0.6 is 15.9 Å². The number of cyclic esters (lactones) is 1. The van der Waals surface area contributed by atoms with E-state index in [2.05, 4.69) is 22.0 Å². The molecule has 1 aromatic heterocycles. The van der Waals surface area contributed by atoms with E-state index >= 15 is 0 Å². The van der Waals surface area contributed by atoms with Gasteiger partial charge in [-0.3, -0.25) is 0 Å². The van der Waals surface area contributed by atoms with Crippen molar-refractivity contribution in [3.8, 4) is 11.1 Å². The summed E-state index contributed by atoms with van der Waals surface area (Å²) in [6.07, 6.45) is 7.92. The highest BCUT2D eigenvalue weighted by atomic mass is 79.9. The van der Waals surface area contributed by atoms with Crippen LogP contribution < -0.4 is 0 Å². The molecule has 2 aromatic rings. The number of aliphatic hydroxyl groups is 2. The monoisotopic (exact) mass is 432 g/mol. The Morgan fingerprint density at radius 3 is 2.52 bits per heavy atom. The number of hydrogen-bond acceptors (Lipinski definition) is 5. The van der Waals surface area contributed by atoms with Gasteiger partial charge in [0.05, 0.1) is 6.26 Å². The van der Waals surface area contributed by atoms with Gasteiger partial charge in [-0.15, -0.1) is 0 Å². The quantitative estimate of drug-likeness (QED) is 0.593. The molecule has 27 heavy (non-hydrogen) atoms. The van der Waals surface area contributed by atoms with Crippen molar-refractivity contribution < 1.29 is 24.2 Å². The Labute approximate surface area is 165 Å². The Morgan fingerprint density at radius 1 is 1.15 bits per heavy atom. The van der Waals surface area contributed by atoms with Crippen molar-refractivity contribution in [2.75, 3.05) is 0 Å². The zero-order chi connectivity index (χ0) is 19.2. The van der Waals surface area contributed by atoms with Crippen LogP contribution in [0.15, 0.2) is 50.9 Å². The Bertz CT molecular complexity index is 922. The van der Waals surface area contributed by atoms with Crippen LogP contribution in [0, 0.1) is 0 Å². The lowest BCUT2D eigenvalue weighted by atomic mass is 9.87. The molecule has 1 saturated carbocycles. The first-order valence-electron chi connectivity index (χ1n) is 9.15. The fourth-order valence-electron chi connectivity index (χ4n) is 3.94. The number of carbonyl (C=O) groups is 1. The molecule has 0 saturated heterocycles. The lowest BCUT2D eigenvalue weighted by molar-refractivity contribution is -0.149. The second-order valence-electron chi connectivity index (χ2n) is 7.39. The third kappa shape index (κ3) is 3.06. The zero-order valence-electron chi connectivity index (χ0n) is 15.0. The average Bonchev–Trinajstić information content (AvgIpc) is 3.23. The van der Waals surface area contributed by atoms with Gasteiger partial charge in [-0.05, 0) is 37.5 Å². The molecular formula is C21H21BrO5. The fourth-order valence-corrected chi connectivity index (χ4v) is 4.55.